The van der Waals surface area contributed by atoms with Crippen molar-refractivity contribution in [2.45, 2.75) is 76.3 Å². The van der Waals surface area contributed by atoms with E-state index in [0.29, 0.717) is 10.7 Å². The lowest BCUT2D eigenvalue weighted by atomic mass is 9.80. The third-order valence-corrected chi connectivity index (χ3v) is 11.2. The van der Waals surface area contributed by atoms with E-state index in [4.69, 9.17) is 20.8 Å². The number of rotatable bonds is 5. The molecular weight excluding hydrogens is 414 g/mol. The van der Waals surface area contributed by atoms with Crippen LogP contribution >= 0.6 is 11.6 Å². The summed E-state index contributed by atoms with van der Waals surface area (Å²) in [5.41, 5.74) is 1.61. The molecule has 2 aromatic rings. The van der Waals surface area contributed by atoms with E-state index in [1.165, 1.54) is 0 Å². The summed E-state index contributed by atoms with van der Waals surface area (Å²) in [7, 11) is -1.88. The van der Waals surface area contributed by atoms with Crippen molar-refractivity contribution in [1.82, 2.24) is 4.98 Å². The van der Waals surface area contributed by atoms with E-state index in [1.807, 2.05) is 24.3 Å². The third kappa shape index (κ3) is 5.51. The molecule has 0 spiro atoms. The van der Waals surface area contributed by atoms with Crippen molar-refractivity contribution in [2.24, 2.45) is 0 Å². The molecule has 3 atom stereocenters. The third-order valence-electron chi connectivity index (χ3n) is 6.45. The van der Waals surface area contributed by atoms with Gasteiger partial charge in [-0.05, 0) is 61.2 Å². The van der Waals surface area contributed by atoms with Crippen LogP contribution in [-0.2, 0) is 9.16 Å². The number of hydrogen-bond acceptors (Lipinski definition) is 4. The zero-order valence-electron chi connectivity index (χ0n) is 18.5. The highest BCUT2D eigenvalue weighted by Crippen LogP contribution is 2.42. The molecule has 0 radical (unpaired) electrons. The number of carbonyl (C=O) groups excluding carboxylic acids is 1. The van der Waals surface area contributed by atoms with Gasteiger partial charge in [-0.15, -0.1) is 0 Å². The van der Waals surface area contributed by atoms with Crippen LogP contribution in [0.1, 0.15) is 61.9 Å². The minimum atomic E-state index is -1.88. The molecule has 162 valence electrons. The SMILES string of the molecule is CC(C)(C)[Si](C)(C)O[C@H]1CC[C@H](OC(=O)c2ccccc2)[C@@H](c2ccc(Cl)nc2)C1. The lowest BCUT2D eigenvalue weighted by molar-refractivity contribution is -0.00354. The van der Waals surface area contributed by atoms with Crippen molar-refractivity contribution in [3.8, 4) is 0 Å². The number of benzene rings is 1. The Morgan fingerprint density at radius 1 is 1.10 bits per heavy atom. The molecule has 0 N–H and O–H groups in total. The maximum atomic E-state index is 12.7. The van der Waals surface area contributed by atoms with Crippen LogP contribution in [0.3, 0.4) is 0 Å². The van der Waals surface area contributed by atoms with Crippen molar-refractivity contribution in [2.75, 3.05) is 0 Å². The van der Waals surface area contributed by atoms with Crippen LogP contribution in [0.4, 0.5) is 0 Å². The Labute approximate surface area is 186 Å². The first-order chi connectivity index (χ1) is 14.1. The van der Waals surface area contributed by atoms with Gasteiger partial charge >= 0.3 is 5.97 Å². The topological polar surface area (TPSA) is 48.4 Å². The largest absolute Gasteiger partial charge is 0.458 e. The standard InChI is InChI=1S/C24H32ClNO3Si/c1-24(2,3)30(4,5)29-19-12-13-21(28-23(27)17-9-7-6-8-10-17)20(15-19)18-11-14-22(25)26-16-18/h6-11,14,16,19-21H,12-13,15H2,1-5H3/t19-,20+,21-/m0/s1. The number of nitrogens with zero attached hydrogens (tertiary/aromatic N) is 1. The molecule has 4 nitrogen and oxygen atoms in total. The molecule has 0 bridgehead atoms. The Hall–Kier alpha value is -1.69. The molecule has 1 aliphatic rings. The number of esters is 1. The summed E-state index contributed by atoms with van der Waals surface area (Å²) in [5, 5.41) is 0.613. The molecule has 1 aromatic heterocycles. The zero-order chi connectivity index (χ0) is 21.9. The number of hydrogen-bond donors (Lipinski definition) is 0. The maximum Gasteiger partial charge on any atom is 0.338 e. The van der Waals surface area contributed by atoms with E-state index < -0.39 is 8.32 Å². The fraction of sp³-hybridized carbons (Fsp3) is 0.500. The van der Waals surface area contributed by atoms with Gasteiger partial charge in [-0.25, -0.2) is 9.78 Å². The second-order valence-electron chi connectivity index (χ2n) is 9.64. The molecule has 3 rings (SSSR count). The van der Waals surface area contributed by atoms with Crippen molar-refractivity contribution >= 4 is 25.9 Å². The lowest BCUT2D eigenvalue weighted by Crippen LogP contribution is -2.46. The Bertz CT molecular complexity index is 849. The zero-order valence-corrected chi connectivity index (χ0v) is 20.3. The summed E-state index contributed by atoms with van der Waals surface area (Å²) in [6, 6.07) is 12.9. The predicted octanol–water partition coefficient (Wildman–Crippen LogP) is 6.62. The number of aromatic nitrogens is 1. The highest BCUT2D eigenvalue weighted by molar-refractivity contribution is 6.74. The van der Waals surface area contributed by atoms with Gasteiger partial charge in [0.15, 0.2) is 8.32 Å². The molecule has 0 unspecified atom stereocenters. The van der Waals surface area contributed by atoms with E-state index in [1.54, 1.807) is 24.4 Å². The summed E-state index contributed by atoms with van der Waals surface area (Å²) in [6.07, 6.45) is 4.20. The molecule has 0 aliphatic heterocycles. The van der Waals surface area contributed by atoms with Crippen molar-refractivity contribution in [1.29, 1.82) is 0 Å². The molecule has 30 heavy (non-hydrogen) atoms. The molecule has 1 fully saturated rings. The van der Waals surface area contributed by atoms with Gasteiger partial charge in [-0.1, -0.05) is 56.6 Å². The van der Waals surface area contributed by atoms with Gasteiger partial charge in [0.25, 0.3) is 0 Å². The smallest absolute Gasteiger partial charge is 0.338 e. The summed E-state index contributed by atoms with van der Waals surface area (Å²) < 4.78 is 12.7. The predicted molar refractivity (Wildman–Crippen MR) is 124 cm³/mol. The Kier molecular flexibility index (Phi) is 7.05. The maximum absolute atomic E-state index is 12.7. The molecule has 1 aromatic carbocycles. The number of ether oxygens (including phenoxy) is 1. The number of halogens is 1. The van der Waals surface area contributed by atoms with Crippen LogP contribution in [0.2, 0.25) is 23.3 Å². The summed E-state index contributed by atoms with van der Waals surface area (Å²) in [5.74, 6) is -0.248. The first-order valence-corrected chi connectivity index (χ1v) is 13.9. The minimum absolute atomic E-state index is 0.0333. The first-order valence-electron chi connectivity index (χ1n) is 10.6. The second kappa shape index (κ2) is 9.21. The van der Waals surface area contributed by atoms with Gasteiger partial charge in [-0.2, -0.15) is 0 Å². The van der Waals surface area contributed by atoms with Gasteiger partial charge in [0.2, 0.25) is 0 Å². The molecule has 1 heterocycles. The molecule has 1 saturated carbocycles. The average molecular weight is 446 g/mol. The fourth-order valence-corrected chi connectivity index (χ4v) is 5.20. The quantitative estimate of drug-likeness (QED) is 0.295. The van der Waals surface area contributed by atoms with Gasteiger partial charge in [0.05, 0.1) is 5.56 Å². The van der Waals surface area contributed by atoms with E-state index in [0.717, 1.165) is 24.8 Å². The highest BCUT2D eigenvalue weighted by atomic mass is 35.5. The van der Waals surface area contributed by atoms with E-state index >= 15 is 0 Å². The highest BCUT2D eigenvalue weighted by Gasteiger charge is 2.42. The van der Waals surface area contributed by atoms with E-state index in [9.17, 15) is 4.79 Å². The van der Waals surface area contributed by atoms with Crippen molar-refractivity contribution < 1.29 is 14.0 Å². The van der Waals surface area contributed by atoms with Crippen LogP contribution < -0.4 is 0 Å². The molecule has 0 amide bonds. The summed E-state index contributed by atoms with van der Waals surface area (Å²) in [6.45, 7) is 11.3. The Balaban J connectivity index is 1.79. The molecule has 6 heteroatoms. The van der Waals surface area contributed by atoms with Gasteiger partial charge in [-0.3, -0.25) is 0 Å². The number of carbonyl (C=O) groups is 1. The van der Waals surface area contributed by atoms with Gasteiger partial charge in [0.1, 0.15) is 11.3 Å². The Morgan fingerprint density at radius 3 is 2.40 bits per heavy atom. The van der Waals surface area contributed by atoms with Crippen LogP contribution in [0, 0.1) is 0 Å². The van der Waals surface area contributed by atoms with E-state index in [2.05, 4.69) is 38.8 Å². The summed E-state index contributed by atoms with van der Waals surface area (Å²) in [4.78, 5) is 17.0. The minimum Gasteiger partial charge on any atom is -0.458 e. The van der Waals surface area contributed by atoms with Gasteiger partial charge in [0, 0.05) is 18.2 Å². The average Bonchev–Trinajstić information content (AvgIpc) is 2.69. The van der Waals surface area contributed by atoms with Crippen LogP contribution in [0.25, 0.3) is 0 Å². The Morgan fingerprint density at radius 2 is 1.80 bits per heavy atom. The first kappa shape index (κ1) is 23.0. The summed E-state index contributed by atoms with van der Waals surface area (Å²) >= 11 is 6.00. The normalized spacial score (nSPS) is 22.5. The monoisotopic (exact) mass is 445 g/mol. The van der Waals surface area contributed by atoms with Crippen LogP contribution in [-0.4, -0.2) is 31.5 Å². The number of pyridine rings is 1. The second-order valence-corrected chi connectivity index (χ2v) is 14.8. The van der Waals surface area contributed by atoms with Crippen LogP contribution in [0.5, 0.6) is 0 Å². The van der Waals surface area contributed by atoms with E-state index in [-0.39, 0.29) is 29.1 Å². The molecule has 0 saturated heterocycles. The van der Waals surface area contributed by atoms with Crippen molar-refractivity contribution in [3.63, 3.8) is 0 Å². The van der Waals surface area contributed by atoms with Crippen molar-refractivity contribution in [3.05, 3.63) is 64.9 Å². The fourth-order valence-electron chi connectivity index (χ4n) is 3.68. The molecule has 1 aliphatic carbocycles. The van der Waals surface area contributed by atoms with Gasteiger partial charge < -0.3 is 9.16 Å². The van der Waals surface area contributed by atoms with Crippen LogP contribution in [0.15, 0.2) is 48.7 Å². The molecular formula is C24H32ClNO3Si. The lowest BCUT2D eigenvalue weighted by Gasteiger charge is -2.43.